The van der Waals surface area contributed by atoms with Gasteiger partial charge in [-0.2, -0.15) is 0 Å². The Balaban J connectivity index is 2.62. The third-order valence-electron chi connectivity index (χ3n) is 3.27. The average molecular weight is 330 g/mol. The van der Waals surface area contributed by atoms with Crippen LogP contribution in [0.2, 0.25) is 0 Å². The van der Waals surface area contributed by atoms with E-state index in [1.807, 2.05) is 0 Å². The summed E-state index contributed by atoms with van der Waals surface area (Å²) in [4.78, 5) is 23.8. The van der Waals surface area contributed by atoms with E-state index < -0.39 is 28.8 Å². The summed E-state index contributed by atoms with van der Waals surface area (Å²) in [7, 11) is 0. The number of ether oxygens (including phenoxy) is 4. The van der Waals surface area contributed by atoms with Crippen LogP contribution in [0.5, 0.6) is 0 Å². The van der Waals surface area contributed by atoms with Crippen LogP contribution in [0.25, 0.3) is 0 Å². The molecule has 0 amide bonds. The fourth-order valence-electron chi connectivity index (χ4n) is 1.94. The molecule has 0 spiro atoms. The zero-order valence-corrected chi connectivity index (χ0v) is 15.5. The summed E-state index contributed by atoms with van der Waals surface area (Å²) in [5, 5.41) is 0. The number of carbonyl (C=O) groups is 2. The van der Waals surface area contributed by atoms with Gasteiger partial charge in [-0.1, -0.05) is 0 Å². The van der Waals surface area contributed by atoms with Crippen molar-refractivity contribution in [1.29, 1.82) is 0 Å². The molecule has 1 rings (SSSR count). The van der Waals surface area contributed by atoms with Gasteiger partial charge in [-0.3, -0.25) is 9.59 Å². The van der Waals surface area contributed by atoms with Crippen molar-refractivity contribution >= 4 is 11.9 Å². The van der Waals surface area contributed by atoms with Gasteiger partial charge >= 0.3 is 11.9 Å². The highest BCUT2D eigenvalue weighted by atomic mass is 16.8. The molecule has 1 aliphatic rings. The number of carbonyl (C=O) groups excluding carboxylic acids is 2. The molecule has 0 aromatic heterocycles. The summed E-state index contributed by atoms with van der Waals surface area (Å²) in [6.45, 7) is 14.4. The van der Waals surface area contributed by atoms with Crippen LogP contribution < -0.4 is 0 Å². The van der Waals surface area contributed by atoms with E-state index in [2.05, 4.69) is 0 Å². The molecule has 0 aromatic carbocycles. The Morgan fingerprint density at radius 3 is 1.39 bits per heavy atom. The molecule has 1 saturated heterocycles. The zero-order valence-electron chi connectivity index (χ0n) is 15.5. The van der Waals surface area contributed by atoms with E-state index in [0.717, 1.165) is 0 Å². The molecule has 0 N–H and O–H groups in total. The van der Waals surface area contributed by atoms with Crippen LogP contribution in [0.3, 0.4) is 0 Å². The van der Waals surface area contributed by atoms with Gasteiger partial charge in [0.05, 0.1) is 10.8 Å². The minimum absolute atomic E-state index is 0.0667. The molecule has 1 aliphatic heterocycles. The van der Waals surface area contributed by atoms with Crippen LogP contribution in [-0.4, -0.2) is 43.1 Å². The van der Waals surface area contributed by atoms with Gasteiger partial charge in [0.2, 0.25) is 0 Å². The topological polar surface area (TPSA) is 71.1 Å². The van der Waals surface area contributed by atoms with Crippen molar-refractivity contribution in [3.63, 3.8) is 0 Å². The van der Waals surface area contributed by atoms with Crippen LogP contribution in [0.15, 0.2) is 0 Å². The molecule has 1 unspecified atom stereocenters. The predicted molar refractivity (Wildman–Crippen MR) is 84.7 cm³/mol. The van der Waals surface area contributed by atoms with Crippen molar-refractivity contribution in [3.8, 4) is 0 Å². The van der Waals surface area contributed by atoms with E-state index >= 15 is 0 Å². The van der Waals surface area contributed by atoms with Gasteiger partial charge in [-0.15, -0.1) is 0 Å². The molecule has 134 valence electrons. The Hall–Kier alpha value is -1.14. The average Bonchev–Trinajstić information content (AvgIpc) is 2.65. The third-order valence-corrected chi connectivity index (χ3v) is 3.27. The molecule has 1 fully saturated rings. The molecule has 1 heterocycles. The number of hydrogen-bond donors (Lipinski definition) is 0. The largest absolute Gasteiger partial charge is 0.462 e. The Bertz CT molecular complexity index is 401. The summed E-state index contributed by atoms with van der Waals surface area (Å²) >= 11 is 0. The molecule has 6 nitrogen and oxygen atoms in total. The second kappa shape index (κ2) is 6.77. The first-order valence-electron chi connectivity index (χ1n) is 7.92. The van der Waals surface area contributed by atoms with Crippen molar-refractivity contribution in [2.75, 3.05) is 13.2 Å². The highest BCUT2D eigenvalue weighted by Gasteiger charge is 2.43. The zero-order chi connectivity index (χ0) is 18.1. The van der Waals surface area contributed by atoms with Crippen LogP contribution in [0.1, 0.15) is 55.4 Å². The van der Waals surface area contributed by atoms with E-state index in [4.69, 9.17) is 18.9 Å². The Kier molecular flexibility index (Phi) is 5.86. The predicted octanol–water partition coefficient (Wildman–Crippen LogP) is 2.69. The molecule has 0 aliphatic carbocycles. The van der Waals surface area contributed by atoms with Gasteiger partial charge in [-0.05, 0) is 55.4 Å². The lowest BCUT2D eigenvalue weighted by molar-refractivity contribution is -0.168. The number of rotatable bonds is 4. The lowest BCUT2D eigenvalue weighted by Crippen LogP contribution is -2.36. The highest BCUT2D eigenvalue weighted by molar-refractivity contribution is 5.75. The van der Waals surface area contributed by atoms with E-state index in [-0.39, 0.29) is 25.2 Å². The van der Waals surface area contributed by atoms with Gasteiger partial charge in [0.25, 0.3) is 0 Å². The standard InChI is InChI=1S/C17H30O6/c1-15(2,3)13(18)20-9-11-12(23-17(7,8)22-11)10-21-14(19)16(4,5)6/h11-12H,9-10H2,1-8H3/t11-,12?/m0/s1. The molecule has 0 radical (unpaired) electrons. The maximum absolute atomic E-state index is 11.9. The molecule has 23 heavy (non-hydrogen) atoms. The Morgan fingerprint density at radius 1 is 0.826 bits per heavy atom. The molecule has 0 saturated carbocycles. The van der Waals surface area contributed by atoms with Crippen molar-refractivity contribution in [3.05, 3.63) is 0 Å². The van der Waals surface area contributed by atoms with Gasteiger partial charge in [0.15, 0.2) is 5.79 Å². The van der Waals surface area contributed by atoms with Gasteiger partial charge in [0, 0.05) is 0 Å². The fraction of sp³-hybridized carbons (Fsp3) is 0.882. The summed E-state index contributed by atoms with van der Waals surface area (Å²) in [6.07, 6.45) is -0.937. The second-order valence-corrected chi connectivity index (χ2v) is 8.41. The summed E-state index contributed by atoms with van der Waals surface area (Å²) in [5.74, 6) is -1.43. The lowest BCUT2D eigenvalue weighted by Gasteiger charge is -2.22. The molecular weight excluding hydrogens is 300 g/mol. The number of esters is 2. The van der Waals surface area contributed by atoms with Crippen LogP contribution in [0, 0.1) is 10.8 Å². The maximum Gasteiger partial charge on any atom is 0.311 e. The summed E-state index contributed by atoms with van der Waals surface area (Å²) in [6, 6.07) is 0. The van der Waals surface area contributed by atoms with Crippen molar-refractivity contribution in [2.24, 2.45) is 10.8 Å². The minimum atomic E-state index is -0.808. The molecule has 2 atom stereocenters. The summed E-state index contributed by atoms with van der Waals surface area (Å²) < 4.78 is 22.1. The van der Waals surface area contributed by atoms with Crippen LogP contribution >= 0.6 is 0 Å². The van der Waals surface area contributed by atoms with Crippen molar-refractivity contribution in [2.45, 2.75) is 73.4 Å². The first-order valence-corrected chi connectivity index (χ1v) is 7.92. The molecule has 0 aromatic rings. The smallest absolute Gasteiger partial charge is 0.311 e. The van der Waals surface area contributed by atoms with E-state index in [9.17, 15) is 9.59 Å². The minimum Gasteiger partial charge on any atom is -0.462 e. The first-order chi connectivity index (χ1) is 10.2. The van der Waals surface area contributed by atoms with Crippen molar-refractivity contribution in [1.82, 2.24) is 0 Å². The van der Waals surface area contributed by atoms with Gasteiger partial charge in [-0.25, -0.2) is 0 Å². The monoisotopic (exact) mass is 330 g/mol. The van der Waals surface area contributed by atoms with E-state index in [1.165, 1.54) is 0 Å². The normalized spacial score (nSPS) is 24.3. The van der Waals surface area contributed by atoms with Gasteiger partial charge in [0.1, 0.15) is 25.4 Å². The van der Waals surface area contributed by atoms with Crippen LogP contribution in [0.4, 0.5) is 0 Å². The van der Waals surface area contributed by atoms with Crippen molar-refractivity contribution < 1.29 is 28.5 Å². The van der Waals surface area contributed by atoms with E-state index in [0.29, 0.717) is 0 Å². The first kappa shape index (κ1) is 19.9. The number of hydrogen-bond acceptors (Lipinski definition) is 6. The Labute approximate surface area is 138 Å². The molecule has 0 bridgehead atoms. The quantitative estimate of drug-likeness (QED) is 0.738. The summed E-state index contributed by atoms with van der Waals surface area (Å²) in [5.41, 5.74) is -1.16. The second-order valence-electron chi connectivity index (χ2n) is 8.41. The fourth-order valence-corrected chi connectivity index (χ4v) is 1.94. The maximum atomic E-state index is 11.9. The van der Waals surface area contributed by atoms with Gasteiger partial charge < -0.3 is 18.9 Å². The SMILES string of the molecule is CC1(C)OC(COC(=O)C(C)(C)C)[C@H](COC(=O)C(C)(C)C)O1. The highest BCUT2D eigenvalue weighted by Crippen LogP contribution is 2.29. The van der Waals surface area contributed by atoms with E-state index in [1.54, 1.807) is 55.4 Å². The lowest BCUT2D eigenvalue weighted by atomic mass is 9.97. The molecular formula is C17H30O6. The Morgan fingerprint density at radius 2 is 1.13 bits per heavy atom. The van der Waals surface area contributed by atoms with Crippen LogP contribution in [-0.2, 0) is 28.5 Å². The third kappa shape index (κ3) is 6.11. The molecule has 6 heteroatoms.